The van der Waals surface area contributed by atoms with Crippen LogP contribution in [0.25, 0.3) is 11.5 Å². The maximum atomic E-state index is 12.2. The van der Waals surface area contributed by atoms with Crippen LogP contribution in [0.5, 0.6) is 0 Å². The molecule has 1 saturated heterocycles. The van der Waals surface area contributed by atoms with E-state index in [0.717, 1.165) is 37.9 Å². The minimum Gasteiger partial charge on any atom is -0.463 e. The van der Waals surface area contributed by atoms with E-state index in [1.54, 1.807) is 6.26 Å². The number of hydrogen-bond donors (Lipinski definition) is 2. The van der Waals surface area contributed by atoms with Gasteiger partial charge in [0, 0.05) is 18.0 Å². The van der Waals surface area contributed by atoms with E-state index in [-0.39, 0.29) is 12.5 Å². The van der Waals surface area contributed by atoms with Gasteiger partial charge in [0.05, 0.1) is 12.8 Å². The number of thiazole rings is 1. The van der Waals surface area contributed by atoms with Crippen molar-refractivity contribution in [2.45, 2.75) is 31.7 Å². The number of amides is 1. The minimum atomic E-state index is -0.0405. The summed E-state index contributed by atoms with van der Waals surface area (Å²) in [5, 5.41) is 14.3. The largest absolute Gasteiger partial charge is 0.463 e. The Morgan fingerprint density at radius 2 is 2.48 bits per heavy atom. The molecule has 1 aliphatic heterocycles. The molecule has 3 rings (SSSR count). The number of nitrogens with one attached hydrogen (secondary N) is 1. The number of rotatable bonds is 7. The molecule has 124 valence electrons. The fraction of sp³-hybridized carbons (Fsp3) is 0.500. The average Bonchev–Trinajstić information content (AvgIpc) is 3.26. The molecule has 1 unspecified atom stereocenters. The van der Waals surface area contributed by atoms with Crippen molar-refractivity contribution >= 4 is 22.4 Å². The van der Waals surface area contributed by atoms with Crippen LogP contribution in [0.4, 0.5) is 5.13 Å². The summed E-state index contributed by atoms with van der Waals surface area (Å²) >= 11 is 1.39. The van der Waals surface area contributed by atoms with Crippen LogP contribution in [0.2, 0.25) is 0 Å². The number of furan rings is 1. The highest BCUT2D eigenvalue weighted by molar-refractivity contribution is 7.14. The van der Waals surface area contributed by atoms with Gasteiger partial charge in [-0.15, -0.1) is 11.3 Å². The van der Waals surface area contributed by atoms with Crippen molar-refractivity contribution in [3.8, 4) is 11.5 Å². The molecule has 1 aliphatic rings. The number of carbonyl (C=O) groups is 1. The molecular formula is C16H21N3O3S. The van der Waals surface area contributed by atoms with Gasteiger partial charge in [-0.2, -0.15) is 0 Å². The van der Waals surface area contributed by atoms with Crippen LogP contribution in [0.1, 0.15) is 25.7 Å². The van der Waals surface area contributed by atoms with Gasteiger partial charge in [-0.25, -0.2) is 4.98 Å². The van der Waals surface area contributed by atoms with Crippen LogP contribution in [-0.2, 0) is 4.79 Å². The van der Waals surface area contributed by atoms with Gasteiger partial charge in [0.2, 0.25) is 5.91 Å². The van der Waals surface area contributed by atoms with Gasteiger partial charge in [0.1, 0.15) is 5.69 Å². The lowest BCUT2D eigenvalue weighted by atomic mass is 10.1. The van der Waals surface area contributed by atoms with Crippen molar-refractivity contribution in [1.29, 1.82) is 0 Å². The molecule has 0 aromatic carbocycles. The summed E-state index contributed by atoms with van der Waals surface area (Å²) in [4.78, 5) is 18.8. The van der Waals surface area contributed by atoms with Crippen LogP contribution in [0.15, 0.2) is 28.2 Å². The van der Waals surface area contributed by atoms with E-state index < -0.39 is 0 Å². The van der Waals surface area contributed by atoms with Crippen molar-refractivity contribution in [3.63, 3.8) is 0 Å². The van der Waals surface area contributed by atoms with Gasteiger partial charge in [-0.1, -0.05) is 0 Å². The van der Waals surface area contributed by atoms with Crippen LogP contribution < -0.4 is 5.32 Å². The van der Waals surface area contributed by atoms with Gasteiger partial charge in [0.15, 0.2) is 10.9 Å². The molecule has 7 heteroatoms. The van der Waals surface area contributed by atoms with Crippen molar-refractivity contribution in [1.82, 2.24) is 9.88 Å². The van der Waals surface area contributed by atoms with E-state index >= 15 is 0 Å². The number of aliphatic hydroxyl groups is 1. The first-order valence-electron chi connectivity index (χ1n) is 7.90. The highest BCUT2D eigenvalue weighted by atomic mass is 32.1. The van der Waals surface area contributed by atoms with Crippen LogP contribution >= 0.6 is 11.3 Å². The molecule has 2 N–H and O–H groups in total. The van der Waals surface area contributed by atoms with Crippen molar-refractivity contribution in [2.75, 3.05) is 25.0 Å². The highest BCUT2D eigenvalue weighted by Crippen LogP contribution is 2.25. The van der Waals surface area contributed by atoms with Crippen LogP contribution in [-0.4, -0.2) is 46.6 Å². The van der Waals surface area contributed by atoms with Gasteiger partial charge in [0.25, 0.3) is 0 Å². The lowest BCUT2D eigenvalue weighted by Gasteiger charge is -2.23. The molecule has 1 amide bonds. The number of aliphatic hydroxyl groups excluding tert-OH is 1. The second-order valence-corrected chi connectivity index (χ2v) is 6.55. The summed E-state index contributed by atoms with van der Waals surface area (Å²) in [5.74, 6) is 0.659. The molecule has 2 aromatic rings. The Labute approximate surface area is 139 Å². The summed E-state index contributed by atoms with van der Waals surface area (Å²) in [6, 6.07) is 4.06. The van der Waals surface area contributed by atoms with Crippen molar-refractivity contribution < 1.29 is 14.3 Å². The smallest absolute Gasteiger partial charge is 0.240 e. The number of aromatic nitrogens is 1. The van der Waals surface area contributed by atoms with Crippen molar-refractivity contribution in [3.05, 3.63) is 23.8 Å². The molecule has 1 fully saturated rings. The fourth-order valence-electron chi connectivity index (χ4n) is 2.97. The second kappa shape index (κ2) is 7.72. The van der Waals surface area contributed by atoms with Crippen LogP contribution in [0, 0.1) is 0 Å². The third-order valence-electron chi connectivity index (χ3n) is 4.07. The van der Waals surface area contributed by atoms with Crippen LogP contribution in [0.3, 0.4) is 0 Å². The van der Waals surface area contributed by atoms with E-state index in [1.165, 1.54) is 11.3 Å². The predicted octanol–water partition coefficient (Wildman–Crippen LogP) is 2.58. The number of hydrogen-bond acceptors (Lipinski definition) is 6. The lowest BCUT2D eigenvalue weighted by Crippen LogP contribution is -2.36. The predicted molar refractivity (Wildman–Crippen MR) is 89.4 cm³/mol. The first kappa shape index (κ1) is 16.2. The van der Waals surface area contributed by atoms with E-state index in [1.807, 2.05) is 17.5 Å². The number of likely N-dealkylation sites (tertiary alicyclic amines) is 1. The lowest BCUT2D eigenvalue weighted by molar-refractivity contribution is -0.117. The second-order valence-electron chi connectivity index (χ2n) is 5.70. The zero-order valence-corrected chi connectivity index (χ0v) is 13.7. The third-order valence-corrected chi connectivity index (χ3v) is 4.82. The monoisotopic (exact) mass is 335 g/mol. The quantitative estimate of drug-likeness (QED) is 0.813. The molecular weight excluding hydrogens is 314 g/mol. The number of anilines is 1. The molecule has 0 radical (unpaired) electrons. The molecule has 0 aliphatic carbocycles. The maximum absolute atomic E-state index is 12.2. The van der Waals surface area contributed by atoms with E-state index in [0.29, 0.717) is 23.5 Å². The Bertz CT molecular complexity index is 626. The summed E-state index contributed by atoms with van der Waals surface area (Å²) in [7, 11) is 0. The Balaban J connectivity index is 1.53. The van der Waals surface area contributed by atoms with Gasteiger partial charge in [-0.3, -0.25) is 9.69 Å². The molecule has 0 saturated carbocycles. The minimum absolute atomic E-state index is 0.0405. The Hall–Kier alpha value is -1.70. The standard InChI is InChI=1S/C16H21N3O3S/c20-8-2-5-12-4-1-7-19(12)10-15(21)18-16-17-13(11-23-16)14-6-3-9-22-14/h3,6,9,11-12,20H,1-2,4-5,7-8,10H2,(H,17,18,21). The van der Waals surface area contributed by atoms with Gasteiger partial charge < -0.3 is 14.8 Å². The third kappa shape index (κ3) is 4.19. The summed E-state index contributed by atoms with van der Waals surface area (Å²) < 4.78 is 5.30. The Morgan fingerprint density at radius 3 is 3.26 bits per heavy atom. The Kier molecular flexibility index (Phi) is 5.43. The molecule has 0 bridgehead atoms. The molecule has 2 aromatic heterocycles. The Morgan fingerprint density at radius 1 is 1.57 bits per heavy atom. The van der Waals surface area contributed by atoms with E-state index in [2.05, 4.69) is 15.2 Å². The van der Waals surface area contributed by atoms with E-state index in [4.69, 9.17) is 9.52 Å². The SMILES string of the molecule is O=C(CN1CCCC1CCCO)Nc1nc(-c2ccco2)cs1. The molecule has 6 nitrogen and oxygen atoms in total. The van der Waals surface area contributed by atoms with Gasteiger partial charge in [-0.05, 0) is 44.4 Å². The van der Waals surface area contributed by atoms with Crippen molar-refractivity contribution in [2.24, 2.45) is 0 Å². The van der Waals surface area contributed by atoms with E-state index in [9.17, 15) is 4.79 Å². The zero-order chi connectivity index (χ0) is 16.1. The zero-order valence-electron chi connectivity index (χ0n) is 12.9. The number of carbonyl (C=O) groups excluding carboxylic acids is 1. The summed E-state index contributed by atoms with van der Waals surface area (Å²) in [5.41, 5.74) is 0.734. The normalized spacial score (nSPS) is 18.4. The first-order chi connectivity index (χ1) is 11.3. The molecule has 3 heterocycles. The number of nitrogens with zero attached hydrogens (tertiary/aromatic N) is 2. The fourth-order valence-corrected chi connectivity index (χ4v) is 3.68. The first-order valence-corrected chi connectivity index (χ1v) is 8.78. The maximum Gasteiger partial charge on any atom is 0.240 e. The molecule has 0 spiro atoms. The summed E-state index contributed by atoms with van der Waals surface area (Å²) in [6.07, 6.45) is 5.56. The summed E-state index contributed by atoms with van der Waals surface area (Å²) in [6.45, 7) is 1.54. The topological polar surface area (TPSA) is 78.6 Å². The molecule has 23 heavy (non-hydrogen) atoms. The highest BCUT2D eigenvalue weighted by Gasteiger charge is 2.25. The molecule has 1 atom stereocenters. The van der Waals surface area contributed by atoms with Gasteiger partial charge >= 0.3 is 0 Å². The average molecular weight is 335 g/mol.